The van der Waals surface area contributed by atoms with Crippen LogP contribution in [0.1, 0.15) is 36.8 Å². The minimum atomic E-state index is -0.491. The number of nitrogens with zero attached hydrogens (tertiary/aromatic N) is 3. The van der Waals surface area contributed by atoms with Gasteiger partial charge in [-0.3, -0.25) is 19.5 Å². The number of benzene rings is 1. The van der Waals surface area contributed by atoms with E-state index in [2.05, 4.69) is 27.3 Å². The highest BCUT2D eigenvalue weighted by molar-refractivity contribution is 5.82. The van der Waals surface area contributed by atoms with Crippen LogP contribution in [0.4, 0.5) is 0 Å². The van der Waals surface area contributed by atoms with E-state index in [4.69, 9.17) is 0 Å². The highest BCUT2D eigenvalue weighted by Crippen LogP contribution is 2.27. The molecule has 2 aliphatic rings. The molecule has 2 fully saturated rings. The molecule has 0 spiro atoms. The number of aryl methyl sites for hydroxylation is 1. The Hall–Kier alpha value is -2.77. The highest BCUT2D eigenvalue weighted by Gasteiger charge is 2.40. The monoisotopic (exact) mass is 436 g/mol. The van der Waals surface area contributed by atoms with Gasteiger partial charge in [-0.25, -0.2) is 0 Å². The van der Waals surface area contributed by atoms with Gasteiger partial charge in [-0.05, 0) is 42.9 Å². The van der Waals surface area contributed by atoms with Gasteiger partial charge in [-0.2, -0.15) is 0 Å². The third-order valence-electron chi connectivity index (χ3n) is 6.57. The lowest BCUT2D eigenvalue weighted by Gasteiger charge is -2.39. The number of hydrogen-bond donors (Lipinski definition) is 2. The van der Waals surface area contributed by atoms with Crippen LogP contribution in [0.3, 0.4) is 0 Å². The zero-order valence-corrected chi connectivity index (χ0v) is 18.4. The molecule has 4 rings (SSSR count). The van der Waals surface area contributed by atoms with E-state index in [1.807, 2.05) is 35.2 Å². The van der Waals surface area contributed by atoms with Crippen molar-refractivity contribution in [3.05, 3.63) is 66.0 Å². The van der Waals surface area contributed by atoms with Gasteiger partial charge in [0.1, 0.15) is 0 Å². The number of carbonyl (C=O) groups excluding carboxylic acids is 2. The molecule has 2 aliphatic heterocycles. The average molecular weight is 437 g/mol. The fraction of sp³-hybridized carbons (Fsp3) is 0.480. The van der Waals surface area contributed by atoms with E-state index < -0.39 is 6.10 Å². The summed E-state index contributed by atoms with van der Waals surface area (Å²) in [6.45, 7) is 2.35. The van der Waals surface area contributed by atoms with E-state index in [0.29, 0.717) is 39.0 Å². The minimum absolute atomic E-state index is 0.0493. The predicted molar refractivity (Wildman–Crippen MR) is 122 cm³/mol. The smallest absolute Gasteiger partial charge is 0.237 e. The van der Waals surface area contributed by atoms with Crippen molar-refractivity contribution in [2.45, 2.75) is 56.8 Å². The van der Waals surface area contributed by atoms with Crippen molar-refractivity contribution in [3.8, 4) is 0 Å². The molecule has 2 aromatic rings. The lowest BCUT2D eigenvalue weighted by atomic mass is 10.0. The van der Waals surface area contributed by atoms with Crippen molar-refractivity contribution < 1.29 is 14.7 Å². The van der Waals surface area contributed by atoms with Gasteiger partial charge in [0.05, 0.1) is 12.1 Å². The van der Waals surface area contributed by atoms with Crippen molar-refractivity contribution in [3.63, 3.8) is 0 Å². The maximum absolute atomic E-state index is 12.9. The first-order chi connectivity index (χ1) is 15.6. The van der Waals surface area contributed by atoms with Crippen LogP contribution in [0.25, 0.3) is 0 Å². The van der Waals surface area contributed by atoms with Crippen molar-refractivity contribution in [2.24, 2.45) is 0 Å². The predicted octanol–water partition coefficient (Wildman–Crippen LogP) is 1.76. The minimum Gasteiger partial charge on any atom is -0.392 e. The first kappa shape index (κ1) is 22.4. The van der Waals surface area contributed by atoms with Gasteiger partial charge in [0.25, 0.3) is 0 Å². The largest absolute Gasteiger partial charge is 0.392 e. The van der Waals surface area contributed by atoms with Crippen LogP contribution < -0.4 is 5.32 Å². The van der Waals surface area contributed by atoms with Crippen LogP contribution in [-0.4, -0.2) is 69.5 Å². The van der Waals surface area contributed by atoms with E-state index in [1.165, 1.54) is 5.56 Å². The summed E-state index contributed by atoms with van der Waals surface area (Å²) in [5, 5.41) is 13.3. The summed E-state index contributed by atoms with van der Waals surface area (Å²) >= 11 is 0. The van der Waals surface area contributed by atoms with E-state index in [-0.39, 0.29) is 23.9 Å². The fourth-order valence-corrected chi connectivity index (χ4v) is 4.81. The lowest BCUT2D eigenvalue weighted by molar-refractivity contribution is -0.134. The molecule has 0 unspecified atom stereocenters. The van der Waals surface area contributed by atoms with Gasteiger partial charge >= 0.3 is 0 Å². The Bertz CT molecular complexity index is 885. The summed E-state index contributed by atoms with van der Waals surface area (Å²) in [4.78, 5) is 33.7. The number of aliphatic hydroxyl groups is 1. The normalized spacial score (nSPS) is 22.1. The van der Waals surface area contributed by atoms with Gasteiger partial charge in [0, 0.05) is 51.0 Å². The number of carbonyl (C=O) groups is 2. The summed E-state index contributed by atoms with van der Waals surface area (Å²) in [7, 11) is 0. The van der Waals surface area contributed by atoms with Crippen molar-refractivity contribution >= 4 is 11.8 Å². The maximum atomic E-state index is 12.9. The Morgan fingerprint density at radius 2 is 1.81 bits per heavy atom. The first-order valence-corrected chi connectivity index (χ1v) is 11.5. The van der Waals surface area contributed by atoms with Crippen LogP contribution in [0.5, 0.6) is 0 Å². The lowest BCUT2D eigenvalue weighted by Crippen LogP contribution is -2.52. The van der Waals surface area contributed by atoms with Gasteiger partial charge in [-0.1, -0.05) is 36.4 Å². The molecule has 0 radical (unpaired) electrons. The molecule has 7 heteroatoms. The first-order valence-electron chi connectivity index (χ1n) is 11.5. The Balaban J connectivity index is 1.26. The van der Waals surface area contributed by atoms with Crippen LogP contribution in [0, 0.1) is 0 Å². The summed E-state index contributed by atoms with van der Waals surface area (Å²) < 4.78 is 0. The van der Waals surface area contributed by atoms with E-state index in [0.717, 1.165) is 24.8 Å². The van der Waals surface area contributed by atoms with Crippen LogP contribution in [-0.2, 0) is 22.6 Å². The molecule has 1 aromatic heterocycles. The van der Waals surface area contributed by atoms with Crippen molar-refractivity contribution in [1.82, 2.24) is 20.1 Å². The zero-order chi connectivity index (χ0) is 22.3. The fourth-order valence-electron chi connectivity index (χ4n) is 4.81. The molecule has 2 N–H and O–H groups in total. The Morgan fingerprint density at radius 3 is 2.53 bits per heavy atom. The van der Waals surface area contributed by atoms with E-state index in [1.54, 1.807) is 12.4 Å². The molecule has 0 aliphatic carbocycles. The molecule has 2 saturated heterocycles. The second-order valence-electron chi connectivity index (χ2n) is 8.78. The molecule has 3 heterocycles. The third kappa shape index (κ3) is 5.72. The molecule has 0 bridgehead atoms. The second-order valence-corrected chi connectivity index (χ2v) is 8.78. The summed E-state index contributed by atoms with van der Waals surface area (Å²) in [6.07, 6.45) is 6.36. The number of hydrogen-bond acceptors (Lipinski definition) is 5. The van der Waals surface area contributed by atoms with Crippen LogP contribution >= 0.6 is 0 Å². The molecule has 0 saturated carbocycles. The number of amides is 2. The van der Waals surface area contributed by atoms with Crippen molar-refractivity contribution in [2.75, 3.05) is 19.6 Å². The number of pyridine rings is 1. The topological polar surface area (TPSA) is 85.8 Å². The van der Waals surface area contributed by atoms with E-state index >= 15 is 0 Å². The molecule has 1 aromatic carbocycles. The zero-order valence-electron chi connectivity index (χ0n) is 18.4. The third-order valence-corrected chi connectivity index (χ3v) is 6.57. The Morgan fingerprint density at radius 1 is 1.06 bits per heavy atom. The standard InChI is InChI=1S/C25H32N4O3/c30-22-15-23(25(32)27-17-20-7-4-12-26-16-20)29(18-22)21-10-13-28(14-11-21)24(31)9-8-19-5-2-1-3-6-19/h1-7,12,16,21-23,30H,8-11,13-15,17-18H2,(H,27,32)/t22-,23+/m1/s1. The van der Waals surface area contributed by atoms with Gasteiger partial charge < -0.3 is 15.3 Å². The van der Waals surface area contributed by atoms with Crippen LogP contribution in [0.15, 0.2) is 54.9 Å². The number of likely N-dealkylation sites (tertiary alicyclic amines) is 2. The molecule has 170 valence electrons. The van der Waals surface area contributed by atoms with Gasteiger partial charge in [0.2, 0.25) is 11.8 Å². The number of aromatic nitrogens is 1. The van der Waals surface area contributed by atoms with Crippen LogP contribution in [0.2, 0.25) is 0 Å². The molecule has 2 amide bonds. The van der Waals surface area contributed by atoms with E-state index in [9.17, 15) is 14.7 Å². The number of nitrogens with one attached hydrogen (secondary N) is 1. The molecular weight excluding hydrogens is 404 g/mol. The number of β-amino-alcohol motifs (C(OH)–C–C–N with tert-alkyl or cyclic N) is 1. The number of piperidine rings is 1. The Labute approximate surface area is 189 Å². The quantitative estimate of drug-likeness (QED) is 0.691. The van der Waals surface area contributed by atoms with Gasteiger partial charge in [-0.15, -0.1) is 0 Å². The number of rotatable bonds is 7. The van der Waals surface area contributed by atoms with Crippen molar-refractivity contribution in [1.29, 1.82) is 0 Å². The van der Waals surface area contributed by atoms with Gasteiger partial charge in [0.15, 0.2) is 0 Å². The number of aliphatic hydroxyl groups excluding tert-OH is 1. The summed E-state index contributed by atoms with van der Waals surface area (Å²) in [5.41, 5.74) is 2.13. The molecule has 32 heavy (non-hydrogen) atoms. The molecule has 2 atom stereocenters. The summed E-state index contributed by atoms with van der Waals surface area (Å²) in [6, 6.07) is 13.7. The molecule has 7 nitrogen and oxygen atoms in total. The average Bonchev–Trinajstić information content (AvgIpc) is 3.24. The SMILES string of the molecule is O=C(NCc1cccnc1)[C@@H]1C[C@@H](O)CN1C1CCN(C(=O)CCc2ccccc2)CC1. The maximum Gasteiger partial charge on any atom is 0.237 e. The Kier molecular flexibility index (Phi) is 7.50. The second kappa shape index (κ2) is 10.7. The molecular formula is C25H32N4O3. The summed E-state index contributed by atoms with van der Waals surface area (Å²) in [5.74, 6) is 0.145. The highest BCUT2D eigenvalue weighted by atomic mass is 16.3.